The summed E-state index contributed by atoms with van der Waals surface area (Å²) >= 11 is 6.25. The Hall–Kier alpha value is -2.38. The number of benzene rings is 1. The van der Waals surface area contributed by atoms with Crippen LogP contribution in [-0.4, -0.2) is 51.3 Å². The van der Waals surface area contributed by atoms with Gasteiger partial charge in [0.25, 0.3) is 6.47 Å². The van der Waals surface area contributed by atoms with Crippen molar-refractivity contribution in [2.24, 2.45) is 5.92 Å². The molecule has 1 aliphatic carbocycles. The number of rotatable bonds is 5. The minimum absolute atomic E-state index is 0.0351. The van der Waals surface area contributed by atoms with Gasteiger partial charge in [0.15, 0.2) is 0 Å². The SMILES string of the molecule is Cc1cc(NC(=O)CN2C[C@@H]3CC[C@H]2C3)n(Cc2ccccc2Cl)n1.O=CO. The Morgan fingerprint density at radius 3 is 2.79 bits per heavy atom. The fourth-order valence-corrected chi connectivity index (χ4v) is 4.34. The minimum atomic E-state index is -0.250. The number of fused-ring (bicyclic) bond motifs is 2. The molecule has 1 saturated carbocycles. The molecule has 2 N–H and O–H groups in total. The van der Waals surface area contributed by atoms with Gasteiger partial charge in [-0.1, -0.05) is 29.8 Å². The van der Waals surface area contributed by atoms with Gasteiger partial charge in [-0.2, -0.15) is 5.10 Å². The zero-order valence-electron chi connectivity index (χ0n) is 15.8. The normalized spacial score (nSPS) is 20.5. The molecular weight excluding hydrogens is 380 g/mol. The number of aromatic nitrogens is 2. The molecule has 0 radical (unpaired) electrons. The van der Waals surface area contributed by atoms with Crippen molar-refractivity contribution in [2.45, 2.75) is 38.8 Å². The third-order valence-electron chi connectivity index (χ3n) is 5.32. The van der Waals surface area contributed by atoms with E-state index in [0.717, 1.165) is 29.5 Å². The number of hydrogen-bond acceptors (Lipinski definition) is 4. The van der Waals surface area contributed by atoms with E-state index in [1.807, 2.05) is 41.9 Å². The number of amides is 1. The molecular formula is C20H25ClN4O3. The summed E-state index contributed by atoms with van der Waals surface area (Å²) in [6.45, 7) is 3.75. The van der Waals surface area contributed by atoms with Crippen LogP contribution >= 0.6 is 11.6 Å². The Balaban J connectivity index is 0.000000706. The van der Waals surface area contributed by atoms with Crippen LogP contribution in [0.15, 0.2) is 30.3 Å². The van der Waals surface area contributed by atoms with Crippen molar-refractivity contribution in [3.8, 4) is 0 Å². The number of carbonyl (C=O) groups excluding carboxylic acids is 1. The summed E-state index contributed by atoms with van der Waals surface area (Å²) in [4.78, 5) is 23.2. The Labute approximate surface area is 169 Å². The van der Waals surface area contributed by atoms with Gasteiger partial charge in [0.2, 0.25) is 5.91 Å². The smallest absolute Gasteiger partial charge is 0.290 e. The molecule has 1 aromatic heterocycles. The van der Waals surface area contributed by atoms with E-state index in [2.05, 4.69) is 15.3 Å². The lowest BCUT2D eigenvalue weighted by molar-refractivity contribution is -0.123. The second kappa shape index (κ2) is 9.21. The maximum absolute atomic E-state index is 12.5. The van der Waals surface area contributed by atoms with E-state index in [-0.39, 0.29) is 12.4 Å². The van der Waals surface area contributed by atoms with Gasteiger partial charge in [-0.15, -0.1) is 0 Å². The summed E-state index contributed by atoms with van der Waals surface area (Å²) in [5.74, 6) is 1.56. The second-order valence-corrected chi connectivity index (χ2v) is 7.74. The number of nitrogens with one attached hydrogen (secondary N) is 1. The van der Waals surface area contributed by atoms with Crippen LogP contribution in [0.5, 0.6) is 0 Å². The molecule has 2 bridgehead atoms. The number of carbonyl (C=O) groups is 2. The Morgan fingerprint density at radius 2 is 2.14 bits per heavy atom. The highest BCUT2D eigenvalue weighted by molar-refractivity contribution is 6.31. The van der Waals surface area contributed by atoms with Gasteiger partial charge in [-0.25, -0.2) is 4.68 Å². The molecule has 8 heteroatoms. The van der Waals surface area contributed by atoms with Crippen LogP contribution in [-0.2, 0) is 16.1 Å². The highest BCUT2D eigenvalue weighted by atomic mass is 35.5. The number of halogens is 1. The topological polar surface area (TPSA) is 87.5 Å². The third-order valence-corrected chi connectivity index (χ3v) is 5.69. The first-order valence-electron chi connectivity index (χ1n) is 9.39. The quantitative estimate of drug-likeness (QED) is 0.748. The van der Waals surface area contributed by atoms with Crippen LogP contribution in [0.2, 0.25) is 5.02 Å². The van der Waals surface area contributed by atoms with Crippen LogP contribution in [0.4, 0.5) is 5.82 Å². The molecule has 0 spiro atoms. The van der Waals surface area contributed by atoms with Crippen molar-refractivity contribution in [1.29, 1.82) is 0 Å². The van der Waals surface area contributed by atoms with Crippen LogP contribution < -0.4 is 5.32 Å². The van der Waals surface area contributed by atoms with E-state index in [0.29, 0.717) is 24.2 Å². The lowest BCUT2D eigenvalue weighted by Crippen LogP contribution is -2.38. The number of likely N-dealkylation sites (tertiary alicyclic amines) is 1. The van der Waals surface area contributed by atoms with Crippen molar-refractivity contribution in [3.63, 3.8) is 0 Å². The molecule has 7 nitrogen and oxygen atoms in total. The summed E-state index contributed by atoms with van der Waals surface area (Å²) < 4.78 is 1.81. The zero-order chi connectivity index (χ0) is 20.1. The van der Waals surface area contributed by atoms with Gasteiger partial charge in [0.1, 0.15) is 5.82 Å². The largest absolute Gasteiger partial charge is 0.483 e. The fraction of sp³-hybridized carbons (Fsp3) is 0.450. The van der Waals surface area contributed by atoms with Gasteiger partial charge in [-0.05, 0) is 43.7 Å². The molecule has 2 heterocycles. The molecule has 1 aliphatic heterocycles. The summed E-state index contributed by atoms with van der Waals surface area (Å²) in [6, 6.07) is 10.2. The molecule has 2 atom stereocenters. The van der Waals surface area contributed by atoms with Gasteiger partial charge >= 0.3 is 0 Å². The van der Waals surface area contributed by atoms with Crippen LogP contribution in [0.25, 0.3) is 0 Å². The first-order chi connectivity index (χ1) is 13.5. The Morgan fingerprint density at radius 1 is 1.39 bits per heavy atom. The zero-order valence-corrected chi connectivity index (χ0v) is 16.6. The van der Waals surface area contributed by atoms with Crippen molar-refractivity contribution < 1.29 is 14.7 Å². The van der Waals surface area contributed by atoms with Crippen molar-refractivity contribution in [1.82, 2.24) is 14.7 Å². The maximum atomic E-state index is 12.5. The second-order valence-electron chi connectivity index (χ2n) is 7.34. The van der Waals surface area contributed by atoms with Crippen LogP contribution in [0, 0.1) is 12.8 Å². The molecule has 2 fully saturated rings. The number of nitrogens with zero attached hydrogens (tertiary/aromatic N) is 3. The van der Waals surface area contributed by atoms with E-state index >= 15 is 0 Å². The molecule has 1 aromatic carbocycles. The molecule has 2 aliphatic rings. The Kier molecular flexibility index (Phi) is 6.70. The van der Waals surface area contributed by atoms with E-state index in [4.69, 9.17) is 21.5 Å². The van der Waals surface area contributed by atoms with Crippen molar-refractivity contribution in [2.75, 3.05) is 18.4 Å². The van der Waals surface area contributed by atoms with Crippen LogP contribution in [0.1, 0.15) is 30.5 Å². The van der Waals surface area contributed by atoms with E-state index < -0.39 is 0 Å². The molecule has 28 heavy (non-hydrogen) atoms. The fourth-order valence-electron chi connectivity index (χ4n) is 4.14. The minimum Gasteiger partial charge on any atom is -0.483 e. The van der Waals surface area contributed by atoms with E-state index in [9.17, 15) is 4.79 Å². The summed E-state index contributed by atoms with van der Waals surface area (Å²) in [6.07, 6.45) is 3.82. The van der Waals surface area contributed by atoms with Gasteiger partial charge in [-0.3, -0.25) is 14.5 Å². The average molecular weight is 405 g/mol. The number of piperidine rings is 1. The van der Waals surface area contributed by atoms with Crippen molar-refractivity contribution >= 4 is 29.8 Å². The van der Waals surface area contributed by atoms with Crippen molar-refractivity contribution in [3.05, 3.63) is 46.6 Å². The third kappa shape index (κ3) is 4.91. The highest BCUT2D eigenvalue weighted by Crippen LogP contribution is 2.37. The number of anilines is 1. The molecule has 1 saturated heterocycles. The predicted octanol–water partition coefficient (Wildman–Crippen LogP) is 3.02. The summed E-state index contributed by atoms with van der Waals surface area (Å²) in [5.41, 5.74) is 1.86. The highest BCUT2D eigenvalue weighted by Gasteiger charge is 2.38. The summed E-state index contributed by atoms with van der Waals surface area (Å²) in [7, 11) is 0. The van der Waals surface area contributed by atoms with Gasteiger partial charge in [0.05, 0.1) is 18.8 Å². The lowest BCUT2D eigenvalue weighted by Gasteiger charge is -2.25. The molecule has 0 unspecified atom stereocenters. The Bertz CT molecular complexity index is 839. The lowest BCUT2D eigenvalue weighted by atomic mass is 10.1. The number of aryl methyl sites for hydroxylation is 1. The average Bonchev–Trinajstić information content (AvgIpc) is 3.34. The van der Waals surface area contributed by atoms with Gasteiger partial charge in [0, 0.05) is 23.7 Å². The molecule has 2 aromatic rings. The van der Waals surface area contributed by atoms with Gasteiger partial charge < -0.3 is 10.4 Å². The first-order valence-corrected chi connectivity index (χ1v) is 9.77. The standard InChI is InChI=1S/C19H23ClN4O.CH2O2/c1-13-8-18(24(22-13)11-15-4-2-3-5-17(15)20)21-19(25)12-23-10-14-6-7-16(23)9-14;2-1-3/h2-5,8,14,16H,6-7,9-12H2,1H3,(H,21,25);1H,(H,2,3)/t14-,16+;/m1./s1. The predicted molar refractivity (Wildman–Crippen MR) is 108 cm³/mol. The molecule has 1 amide bonds. The first kappa shape index (κ1) is 20.4. The maximum Gasteiger partial charge on any atom is 0.290 e. The van der Waals surface area contributed by atoms with E-state index in [1.54, 1.807) is 0 Å². The number of hydrogen-bond donors (Lipinski definition) is 2. The van der Waals surface area contributed by atoms with E-state index in [1.165, 1.54) is 19.3 Å². The summed E-state index contributed by atoms with van der Waals surface area (Å²) in [5, 5.41) is 15.1. The van der Waals surface area contributed by atoms with Crippen LogP contribution in [0.3, 0.4) is 0 Å². The number of carboxylic acid groups (broad SMARTS) is 1. The molecule has 4 rings (SSSR count). The monoisotopic (exact) mass is 404 g/mol. The molecule has 150 valence electrons.